The maximum atomic E-state index is 6.08. The molecule has 2 atom stereocenters. The van der Waals surface area contributed by atoms with Gasteiger partial charge in [0.2, 0.25) is 0 Å². The number of rotatable bonds is 8. The average molecular weight is 684 g/mol. The molecule has 8 rings (SSSR count). The molecule has 0 bridgehead atoms. The monoisotopic (exact) mass is 683 g/mol. The quantitative estimate of drug-likeness (QED) is 0.147. The van der Waals surface area contributed by atoms with Gasteiger partial charge in [-0.1, -0.05) is 158 Å². The second-order valence-corrected chi connectivity index (χ2v) is 19.2. The Bertz CT molecular complexity index is 2170. The fourth-order valence-electron chi connectivity index (χ4n) is 8.27. The maximum absolute atomic E-state index is 6.08. The van der Waals surface area contributed by atoms with Crippen LogP contribution in [0.15, 0.2) is 230 Å². The van der Waals surface area contributed by atoms with Crippen LogP contribution in [-0.2, 0) is 4.74 Å². The van der Waals surface area contributed by atoms with Crippen molar-refractivity contribution in [3.05, 3.63) is 221 Å². The predicted molar refractivity (Wildman–Crippen MR) is 218 cm³/mol. The number of anilines is 1. The zero-order valence-electron chi connectivity index (χ0n) is 29.4. The summed E-state index contributed by atoms with van der Waals surface area (Å²) in [7, 11) is -3.35. The summed E-state index contributed by atoms with van der Waals surface area (Å²) in [5.41, 5.74) is 7.12. The molecule has 0 aromatic heterocycles. The van der Waals surface area contributed by atoms with Gasteiger partial charge in [-0.05, 0) is 68.2 Å². The first-order chi connectivity index (χ1) is 24.9. The minimum atomic E-state index is -3.35. The Morgan fingerprint density at radius 1 is 0.725 bits per heavy atom. The van der Waals surface area contributed by atoms with Gasteiger partial charge < -0.3 is 9.64 Å². The molecule has 3 heteroatoms. The van der Waals surface area contributed by atoms with E-state index in [1.165, 1.54) is 42.0 Å². The van der Waals surface area contributed by atoms with Gasteiger partial charge in [0.05, 0.1) is 0 Å². The summed E-state index contributed by atoms with van der Waals surface area (Å²) in [5.74, 6) is 1.44. The van der Waals surface area contributed by atoms with Gasteiger partial charge in [-0.15, -0.1) is 0 Å². The molecule has 4 aliphatic rings. The van der Waals surface area contributed by atoms with Gasteiger partial charge in [0.25, 0.3) is 0 Å². The topological polar surface area (TPSA) is 12.5 Å². The minimum absolute atomic E-state index is 0.179. The number of allylic oxidation sites excluding steroid dienone is 10. The second-order valence-electron chi connectivity index (χ2n) is 14.0. The first-order valence-corrected chi connectivity index (χ1v) is 20.6. The van der Waals surface area contributed by atoms with Gasteiger partial charge in [0, 0.05) is 47.5 Å². The molecular formula is C48H45NOS. The van der Waals surface area contributed by atoms with Crippen molar-refractivity contribution in [3.8, 4) is 0 Å². The van der Waals surface area contributed by atoms with Crippen LogP contribution in [0.3, 0.4) is 0 Å². The summed E-state index contributed by atoms with van der Waals surface area (Å²) in [6, 6.07) is 42.2. The molecule has 2 nitrogen and oxygen atoms in total. The van der Waals surface area contributed by atoms with E-state index in [1.54, 1.807) is 0 Å². The summed E-state index contributed by atoms with van der Waals surface area (Å²) in [5, 5.41) is 0. The van der Waals surface area contributed by atoms with Crippen molar-refractivity contribution in [1.29, 1.82) is 0 Å². The molecule has 0 amide bonds. The molecule has 0 saturated carbocycles. The first-order valence-electron chi connectivity index (χ1n) is 17.9. The Labute approximate surface area is 303 Å². The van der Waals surface area contributed by atoms with Crippen molar-refractivity contribution in [2.24, 2.45) is 5.92 Å². The second kappa shape index (κ2) is 13.3. The Balaban J connectivity index is 1.26. The van der Waals surface area contributed by atoms with Crippen molar-refractivity contribution in [1.82, 2.24) is 0 Å². The van der Waals surface area contributed by atoms with Crippen molar-refractivity contribution in [2.75, 3.05) is 11.2 Å². The third-order valence-corrected chi connectivity index (χ3v) is 17.5. The zero-order chi connectivity index (χ0) is 34.9. The smallest absolute Gasteiger partial charge is 0.106 e. The number of hydrogen-bond acceptors (Lipinski definition) is 2. The minimum Gasteiger partial charge on any atom is -0.493 e. The van der Waals surface area contributed by atoms with Crippen molar-refractivity contribution >= 4 is 20.9 Å². The molecule has 4 aromatic rings. The normalized spacial score (nSPS) is 22.4. The lowest BCUT2D eigenvalue weighted by molar-refractivity contribution is 0.138. The number of nitrogens with zero attached hydrogens (tertiary/aromatic N) is 1. The molecule has 2 unspecified atom stereocenters. The highest BCUT2D eigenvalue weighted by Crippen LogP contribution is 2.88. The standard InChI is InChI=1S/C48H45NOS/c1-36-35-43(33-34-49(39-18-7-4-8-19-39)47-27-15-25-44(36)47)51(3,40-20-9-5-10-21-40,41-22-11-6-12-23-41)42-31-29-38(30-32-42)17-13-14-24-45-37(2)50-48-28-16-26-46(45)48/h4-26,29-35,37,45,51H,1,27-28H2,2-3H3/b17-13?,24-14-,34-33-,43-35+. The van der Waals surface area contributed by atoms with E-state index in [0.717, 1.165) is 29.9 Å². The summed E-state index contributed by atoms with van der Waals surface area (Å²) in [4.78, 5) is 7.56. The Kier molecular flexibility index (Phi) is 8.53. The first kappa shape index (κ1) is 32.7. The molecule has 0 saturated heterocycles. The summed E-state index contributed by atoms with van der Waals surface area (Å²) in [6.07, 6.45) is 29.2. The highest BCUT2D eigenvalue weighted by Gasteiger charge is 2.45. The highest BCUT2D eigenvalue weighted by molar-refractivity contribution is 8.52. The lowest BCUT2D eigenvalue weighted by atomic mass is 9.96. The van der Waals surface area contributed by atoms with Crippen molar-refractivity contribution in [3.63, 3.8) is 0 Å². The van der Waals surface area contributed by atoms with Crippen LogP contribution in [-0.4, -0.2) is 12.4 Å². The largest absolute Gasteiger partial charge is 0.493 e. The van der Waals surface area contributed by atoms with E-state index in [9.17, 15) is 0 Å². The molecule has 0 fully saturated rings. The van der Waals surface area contributed by atoms with Crippen LogP contribution < -0.4 is 4.90 Å². The molecule has 2 heterocycles. The van der Waals surface area contributed by atoms with E-state index in [1.807, 2.05) is 0 Å². The maximum Gasteiger partial charge on any atom is 0.106 e. The van der Waals surface area contributed by atoms with E-state index in [0.29, 0.717) is 5.92 Å². The Morgan fingerprint density at radius 2 is 1.35 bits per heavy atom. The lowest BCUT2D eigenvalue weighted by Crippen LogP contribution is -2.23. The van der Waals surface area contributed by atoms with Gasteiger partial charge >= 0.3 is 0 Å². The number of benzene rings is 4. The van der Waals surface area contributed by atoms with Crippen molar-refractivity contribution < 1.29 is 4.74 Å². The van der Waals surface area contributed by atoms with Crippen LogP contribution in [0.2, 0.25) is 0 Å². The van der Waals surface area contributed by atoms with E-state index >= 15 is 0 Å². The summed E-state index contributed by atoms with van der Waals surface area (Å²) >= 11 is 0. The number of para-hydroxylation sites is 1. The summed E-state index contributed by atoms with van der Waals surface area (Å²) < 4.78 is 6.08. The van der Waals surface area contributed by atoms with Crippen LogP contribution in [0, 0.1) is 5.92 Å². The van der Waals surface area contributed by atoms with E-state index in [-0.39, 0.29) is 6.10 Å². The van der Waals surface area contributed by atoms with E-state index < -0.39 is 9.16 Å². The fourth-order valence-corrected chi connectivity index (χ4v) is 13.7. The van der Waals surface area contributed by atoms with Gasteiger partial charge in [-0.3, -0.25) is 0 Å². The Hall–Kier alpha value is -5.51. The molecule has 0 radical (unpaired) electrons. The van der Waals surface area contributed by atoms with Gasteiger partial charge in [0.1, 0.15) is 11.9 Å². The van der Waals surface area contributed by atoms with E-state index in [2.05, 4.69) is 200 Å². The molecule has 51 heavy (non-hydrogen) atoms. The number of hydrogen-bond donors (Lipinski definition) is 1. The average Bonchev–Trinajstić information content (AvgIpc) is 3.91. The van der Waals surface area contributed by atoms with Gasteiger partial charge in [-0.2, -0.15) is 0 Å². The van der Waals surface area contributed by atoms with Crippen LogP contribution in [0.4, 0.5) is 5.69 Å². The van der Waals surface area contributed by atoms with Gasteiger partial charge in [-0.25, -0.2) is 9.16 Å². The predicted octanol–water partition coefficient (Wildman–Crippen LogP) is 12.4. The lowest BCUT2D eigenvalue weighted by Gasteiger charge is -2.61. The van der Waals surface area contributed by atoms with Crippen LogP contribution in [0.5, 0.6) is 0 Å². The summed E-state index contributed by atoms with van der Waals surface area (Å²) in [6.45, 7) is 6.88. The number of ether oxygens (including phenoxy) is 1. The number of thiol groups is 1. The molecule has 4 aromatic carbocycles. The highest BCUT2D eigenvalue weighted by atomic mass is 32.3. The zero-order valence-corrected chi connectivity index (χ0v) is 30.3. The molecule has 0 N–H and O–H groups in total. The molecule has 254 valence electrons. The SMILES string of the molecule is C=C1/C=C([SH](C)(c2ccccc2)(c2ccccc2)c2ccc(C=C/C=C\C3C4=C(CC=C4)OC3C)cc2)\C=C/N(c2ccccc2)C2=C1C=CC2. The van der Waals surface area contributed by atoms with Crippen LogP contribution in [0.25, 0.3) is 6.08 Å². The molecule has 2 aliphatic carbocycles. The van der Waals surface area contributed by atoms with Crippen molar-refractivity contribution in [2.45, 2.75) is 40.6 Å². The molecular weight excluding hydrogens is 639 g/mol. The third-order valence-electron chi connectivity index (χ3n) is 11.1. The van der Waals surface area contributed by atoms with Gasteiger partial charge in [0.15, 0.2) is 0 Å². The fraction of sp³-hybridized carbons (Fsp3) is 0.125. The molecule has 2 aliphatic heterocycles. The Morgan fingerprint density at radius 3 is 2.04 bits per heavy atom. The third kappa shape index (κ3) is 5.53. The van der Waals surface area contributed by atoms with Crippen LogP contribution >= 0.6 is 9.16 Å². The molecule has 0 spiro atoms. The van der Waals surface area contributed by atoms with Crippen LogP contribution in [0.1, 0.15) is 25.3 Å². The van der Waals surface area contributed by atoms with E-state index in [4.69, 9.17) is 11.3 Å².